The van der Waals surface area contributed by atoms with Gasteiger partial charge in [-0.3, -0.25) is 0 Å². The summed E-state index contributed by atoms with van der Waals surface area (Å²) in [6, 6.07) is 9.43. The van der Waals surface area contributed by atoms with Gasteiger partial charge in [-0.1, -0.05) is 39.0 Å². The van der Waals surface area contributed by atoms with Gasteiger partial charge < -0.3 is 9.84 Å². The summed E-state index contributed by atoms with van der Waals surface area (Å²) in [6.07, 6.45) is 9.34. The number of carbonyl (C=O) groups is 1. The highest BCUT2D eigenvalue weighted by Crippen LogP contribution is 2.66. The van der Waals surface area contributed by atoms with Crippen molar-refractivity contribution in [2.24, 2.45) is 40.4 Å². The van der Waals surface area contributed by atoms with Gasteiger partial charge in [0.15, 0.2) is 0 Å². The standard InChI is InChI=1S/C27H38O3/c1-17-16-27(3)19(15-23(17)30-25(29)18-7-5-4-6-8-18)9-10-20-21-11-12-24(28)26(21,2)14-13-22(20)27/h4-8,17,19-24,28H,9-16H2,1-3H3/t17-,19-,20?,21-,22-,23-,24?,26-,27?/m0/s1. The second-order valence-corrected chi connectivity index (χ2v) is 11.5. The number of aliphatic hydroxyl groups is 1. The zero-order chi connectivity index (χ0) is 21.1. The number of fused-ring (bicyclic) bond motifs is 5. The summed E-state index contributed by atoms with van der Waals surface area (Å²) in [5.41, 5.74) is 1.17. The molecule has 0 saturated heterocycles. The number of aliphatic hydroxyl groups excluding tert-OH is 1. The summed E-state index contributed by atoms with van der Waals surface area (Å²) in [4.78, 5) is 12.7. The van der Waals surface area contributed by atoms with Crippen LogP contribution in [0.15, 0.2) is 30.3 Å². The normalized spacial score (nSPS) is 47.7. The maximum atomic E-state index is 12.7. The fourth-order valence-electron chi connectivity index (χ4n) is 8.49. The Morgan fingerprint density at radius 2 is 1.73 bits per heavy atom. The van der Waals surface area contributed by atoms with Crippen molar-refractivity contribution in [2.75, 3.05) is 0 Å². The van der Waals surface area contributed by atoms with Crippen LogP contribution >= 0.6 is 0 Å². The Kier molecular flexibility index (Phi) is 5.04. The first-order valence-electron chi connectivity index (χ1n) is 12.3. The molecule has 1 N–H and O–H groups in total. The molecule has 1 aromatic carbocycles. The Bertz CT molecular complexity index is 791. The van der Waals surface area contributed by atoms with E-state index in [1.54, 1.807) is 0 Å². The average molecular weight is 411 g/mol. The van der Waals surface area contributed by atoms with Crippen molar-refractivity contribution in [3.63, 3.8) is 0 Å². The molecule has 4 aliphatic carbocycles. The van der Waals surface area contributed by atoms with Crippen molar-refractivity contribution >= 4 is 5.97 Å². The Balaban J connectivity index is 1.32. The van der Waals surface area contributed by atoms with Crippen LogP contribution in [0.2, 0.25) is 0 Å². The van der Waals surface area contributed by atoms with Crippen LogP contribution in [0.25, 0.3) is 0 Å². The SMILES string of the molecule is C[C@H]1CC2(C)[C@@H](CCC3[C@@H]2CC[C@]2(C)C(O)CC[C@@H]32)C[C@@H]1OC(=O)c1ccccc1. The van der Waals surface area contributed by atoms with Gasteiger partial charge in [-0.05, 0) is 104 Å². The van der Waals surface area contributed by atoms with Crippen LogP contribution in [-0.2, 0) is 4.74 Å². The number of hydrogen-bond donors (Lipinski definition) is 1. The molecule has 4 saturated carbocycles. The van der Waals surface area contributed by atoms with Gasteiger partial charge in [0.05, 0.1) is 11.7 Å². The van der Waals surface area contributed by atoms with Gasteiger partial charge in [-0.2, -0.15) is 0 Å². The molecule has 3 unspecified atom stereocenters. The molecule has 0 heterocycles. The maximum Gasteiger partial charge on any atom is 0.338 e. The van der Waals surface area contributed by atoms with Gasteiger partial charge in [0.2, 0.25) is 0 Å². The highest BCUT2D eigenvalue weighted by molar-refractivity contribution is 5.89. The predicted octanol–water partition coefficient (Wildman–Crippen LogP) is 5.86. The highest BCUT2D eigenvalue weighted by atomic mass is 16.5. The van der Waals surface area contributed by atoms with Crippen LogP contribution in [0.3, 0.4) is 0 Å². The van der Waals surface area contributed by atoms with E-state index in [1.165, 1.54) is 32.1 Å². The minimum atomic E-state index is -0.168. The Hall–Kier alpha value is -1.35. The molecule has 0 radical (unpaired) electrons. The lowest BCUT2D eigenvalue weighted by Crippen LogP contribution is -2.56. The minimum absolute atomic E-state index is 0.0366. The summed E-state index contributed by atoms with van der Waals surface area (Å²) in [5, 5.41) is 10.7. The third kappa shape index (κ3) is 3.06. The van der Waals surface area contributed by atoms with Gasteiger partial charge in [-0.15, -0.1) is 0 Å². The Labute approximate surface area is 181 Å². The average Bonchev–Trinajstić information content (AvgIpc) is 3.04. The zero-order valence-electron chi connectivity index (χ0n) is 18.8. The molecule has 3 nitrogen and oxygen atoms in total. The molecule has 1 aromatic rings. The van der Waals surface area contributed by atoms with Crippen LogP contribution in [0, 0.1) is 40.4 Å². The quantitative estimate of drug-likeness (QED) is 0.621. The van der Waals surface area contributed by atoms with E-state index in [0.717, 1.165) is 31.1 Å². The molecular formula is C27H38O3. The summed E-state index contributed by atoms with van der Waals surface area (Å²) in [7, 11) is 0. The van der Waals surface area contributed by atoms with Crippen LogP contribution in [-0.4, -0.2) is 23.3 Å². The van der Waals surface area contributed by atoms with Gasteiger partial charge in [0, 0.05) is 0 Å². The van der Waals surface area contributed by atoms with Crippen molar-refractivity contribution in [3.8, 4) is 0 Å². The second kappa shape index (κ2) is 7.36. The van der Waals surface area contributed by atoms with Crippen molar-refractivity contribution in [2.45, 2.75) is 84.3 Å². The zero-order valence-corrected chi connectivity index (χ0v) is 18.8. The monoisotopic (exact) mass is 410 g/mol. The van der Waals surface area contributed by atoms with Crippen LogP contribution < -0.4 is 0 Å². The van der Waals surface area contributed by atoms with Crippen LogP contribution in [0.4, 0.5) is 0 Å². The molecule has 0 aliphatic heterocycles. The lowest BCUT2D eigenvalue weighted by atomic mass is 9.44. The molecule has 9 atom stereocenters. The van der Waals surface area contributed by atoms with E-state index in [9.17, 15) is 9.90 Å². The molecule has 0 spiro atoms. The first kappa shape index (κ1) is 20.5. The summed E-state index contributed by atoms with van der Waals surface area (Å²) in [5.74, 6) is 3.14. The number of hydrogen-bond acceptors (Lipinski definition) is 3. The molecule has 3 heteroatoms. The molecule has 0 bridgehead atoms. The van der Waals surface area contributed by atoms with Crippen molar-refractivity contribution in [3.05, 3.63) is 35.9 Å². The number of rotatable bonds is 2. The Morgan fingerprint density at radius 3 is 2.50 bits per heavy atom. The lowest BCUT2D eigenvalue weighted by Gasteiger charge is -2.61. The minimum Gasteiger partial charge on any atom is -0.458 e. The molecule has 30 heavy (non-hydrogen) atoms. The molecule has 4 aliphatic rings. The first-order valence-corrected chi connectivity index (χ1v) is 12.3. The second-order valence-electron chi connectivity index (χ2n) is 11.5. The van der Waals surface area contributed by atoms with E-state index in [4.69, 9.17) is 4.74 Å². The van der Waals surface area contributed by atoms with E-state index in [1.807, 2.05) is 30.3 Å². The smallest absolute Gasteiger partial charge is 0.338 e. The molecule has 5 rings (SSSR count). The fourth-order valence-corrected chi connectivity index (χ4v) is 8.49. The topological polar surface area (TPSA) is 46.5 Å². The number of esters is 1. The summed E-state index contributed by atoms with van der Waals surface area (Å²) >= 11 is 0. The van der Waals surface area contributed by atoms with Crippen LogP contribution in [0.5, 0.6) is 0 Å². The van der Waals surface area contributed by atoms with Crippen molar-refractivity contribution < 1.29 is 14.6 Å². The fraction of sp³-hybridized carbons (Fsp3) is 0.741. The van der Waals surface area contributed by atoms with E-state index >= 15 is 0 Å². The van der Waals surface area contributed by atoms with Gasteiger partial charge in [0.1, 0.15) is 6.10 Å². The molecule has 164 valence electrons. The first-order chi connectivity index (χ1) is 14.3. The number of benzene rings is 1. The molecule has 4 fully saturated rings. The molecule has 0 aromatic heterocycles. The van der Waals surface area contributed by atoms with Crippen LogP contribution in [0.1, 0.15) is 82.5 Å². The third-order valence-corrected chi connectivity index (χ3v) is 10.2. The lowest BCUT2D eigenvalue weighted by molar-refractivity contribution is -0.147. The van der Waals surface area contributed by atoms with Gasteiger partial charge in [0.25, 0.3) is 0 Å². The van der Waals surface area contributed by atoms with Gasteiger partial charge in [-0.25, -0.2) is 4.79 Å². The van der Waals surface area contributed by atoms with Crippen molar-refractivity contribution in [1.82, 2.24) is 0 Å². The Morgan fingerprint density at radius 1 is 1.00 bits per heavy atom. The predicted molar refractivity (Wildman–Crippen MR) is 118 cm³/mol. The summed E-state index contributed by atoms with van der Waals surface area (Å²) < 4.78 is 6.05. The largest absolute Gasteiger partial charge is 0.458 e. The maximum absolute atomic E-state index is 12.7. The van der Waals surface area contributed by atoms with E-state index in [0.29, 0.717) is 28.7 Å². The third-order valence-electron chi connectivity index (χ3n) is 10.2. The number of ether oxygens (including phenoxy) is 1. The van der Waals surface area contributed by atoms with Gasteiger partial charge >= 0.3 is 5.97 Å². The number of carbonyl (C=O) groups excluding carboxylic acids is 1. The van der Waals surface area contributed by atoms with Crippen molar-refractivity contribution in [1.29, 1.82) is 0 Å². The highest BCUT2D eigenvalue weighted by Gasteiger charge is 2.60. The van der Waals surface area contributed by atoms with E-state index < -0.39 is 0 Å². The summed E-state index contributed by atoms with van der Waals surface area (Å²) in [6.45, 7) is 7.21. The molecular weight excluding hydrogens is 372 g/mol. The molecule has 0 amide bonds. The van der Waals surface area contributed by atoms with E-state index in [2.05, 4.69) is 20.8 Å². The van der Waals surface area contributed by atoms with E-state index in [-0.39, 0.29) is 23.6 Å².